The Kier molecular flexibility index (Phi) is 4.44. The molecule has 2 N–H and O–H groups in total. The summed E-state index contributed by atoms with van der Waals surface area (Å²) < 4.78 is 0.866. The largest absolute Gasteiger partial charge is 0.329 e. The molecule has 2 heterocycles. The highest BCUT2D eigenvalue weighted by molar-refractivity contribution is 7.14. The van der Waals surface area contributed by atoms with Crippen LogP contribution in [0.3, 0.4) is 0 Å². The molecule has 0 aromatic carbocycles. The summed E-state index contributed by atoms with van der Waals surface area (Å²) in [5, 5.41) is 2.15. The highest BCUT2D eigenvalue weighted by atomic mass is 35.5. The molecule has 2 rings (SSSR count). The van der Waals surface area contributed by atoms with E-state index in [2.05, 4.69) is 35.2 Å². The van der Waals surface area contributed by atoms with E-state index in [-0.39, 0.29) is 0 Å². The van der Waals surface area contributed by atoms with Gasteiger partial charge in [-0.1, -0.05) is 11.6 Å². The first-order valence-corrected chi connectivity index (χ1v) is 7.26. The van der Waals surface area contributed by atoms with Gasteiger partial charge < -0.3 is 10.6 Å². The Hall–Kier alpha value is -0.130. The maximum atomic E-state index is 6.00. The lowest BCUT2D eigenvalue weighted by molar-refractivity contribution is 0.0622. The zero-order valence-electron chi connectivity index (χ0n) is 10.4. The van der Waals surface area contributed by atoms with Crippen molar-refractivity contribution in [2.75, 3.05) is 33.2 Å². The number of hydrogen-bond acceptors (Lipinski definition) is 4. The van der Waals surface area contributed by atoms with Crippen LogP contribution >= 0.6 is 22.9 Å². The van der Waals surface area contributed by atoms with Crippen molar-refractivity contribution >= 4 is 22.9 Å². The summed E-state index contributed by atoms with van der Waals surface area (Å²) in [7, 11) is 2.16. The van der Waals surface area contributed by atoms with Crippen molar-refractivity contribution in [3.63, 3.8) is 0 Å². The van der Waals surface area contributed by atoms with Gasteiger partial charge in [0.2, 0.25) is 0 Å². The molecule has 96 valence electrons. The van der Waals surface area contributed by atoms with Crippen molar-refractivity contribution in [2.24, 2.45) is 5.73 Å². The fourth-order valence-electron chi connectivity index (χ4n) is 2.48. The number of nitrogens with two attached hydrogens (primary N) is 1. The van der Waals surface area contributed by atoms with Crippen LogP contribution in [0.5, 0.6) is 0 Å². The normalized spacial score (nSPS) is 25.1. The second-order valence-corrected chi connectivity index (χ2v) is 6.29. The van der Waals surface area contributed by atoms with Crippen LogP contribution in [0.2, 0.25) is 4.34 Å². The van der Waals surface area contributed by atoms with E-state index in [0.29, 0.717) is 18.6 Å². The van der Waals surface area contributed by atoms with E-state index >= 15 is 0 Å². The third kappa shape index (κ3) is 3.01. The average Bonchev–Trinajstić information content (AvgIpc) is 2.75. The minimum Gasteiger partial charge on any atom is -0.329 e. The Morgan fingerprint density at radius 3 is 2.94 bits per heavy atom. The number of nitrogens with zero attached hydrogens (tertiary/aromatic N) is 2. The lowest BCUT2D eigenvalue weighted by Crippen LogP contribution is -2.55. The number of rotatable bonds is 3. The van der Waals surface area contributed by atoms with Crippen LogP contribution in [0, 0.1) is 0 Å². The maximum Gasteiger partial charge on any atom is 0.0931 e. The molecule has 1 aliphatic heterocycles. The first kappa shape index (κ1) is 13.3. The zero-order chi connectivity index (χ0) is 12.4. The summed E-state index contributed by atoms with van der Waals surface area (Å²) in [6.45, 7) is 6.20. The Labute approximate surface area is 112 Å². The summed E-state index contributed by atoms with van der Waals surface area (Å²) in [4.78, 5) is 4.85. The van der Waals surface area contributed by atoms with Gasteiger partial charge in [0.05, 0.1) is 4.34 Å². The fraction of sp³-hybridized carbons (Fsp3) is 0.667. The van der Waals surface area contributed by atoms with Crippen LogP contribution in [-0.4, -0.2) is 49.1 Å². The zero-order valence-corrected chi connectivity index (χ0v) is 12.0. The van der Waals surface area contributed by atoms with Crippen LogP contribution < -0.4 is 5.73 Å². The monoisotopic (exact) mass is 273 g/mol. The summed E-state index contributed by atoms with van der Waals surface area (Å²) in [6.07, 6.45) is 0. The molecule has 0 aliphatic carbocycles. The predicted molar refractivity (Wildman–Crippen MR) is 74.8 cm³/mol. The first-order valence-electron chi connectivity index (χ1n) is 6.00. The predicted octanol–water partition coefficient (Wildman–Crippen LogP) is 2.04. The van der Waals surface area contributed by atoms with E-state index in [4.69, 9.17) is 17.3 Å². The SMILES string of the molecule is CC(c1csc(Cl)c1)N1CCN(C)CC1CN. The first-order chi connectivity index (χ1) is 8.11. The third-order valence-electron chi connectivity index (χ3n) is 3.57. The molecule has 0 spiro atoms. The molecule has 2 atom stereocenters. The second-order valence-electron chi connectivity index (χ2n) is 4.75. The number of likely N-dealkylation sites (N-methyl/N-ethyl adjacent to an activating group) is 1. The summed E-state index contributed by atoms with van der Waals surface area (Å²) in [6, 6.07) is 2.92. The summed E-state index contributed by atoms with van der Waals surface area (Å²) in [5.41, 5.74) is 7.19. The van der Waals surface area contributed by atoms with Gasteiger partial charge >= 0.3 is 0 Å². The topological polar surface area (TPSA) is 32.5 Å². The van der Waals surface area contributed by atoms with Gasteiger partial charge in [-0.2, -0.15) is 0 Å². The second kappa shape index (κ2) is 5.67. The maximum absolute atomic E-state index is 6.00. The van der Waals surface area contributed by atoms with E-state index in [9.17, 15) is 0 Å². The Morgan fingerprint density at radius 2 is 2.35 bits per heavy atom. The molecule has 1 saturated heterocycles. The molecule has 2 unspecified atom stereocenters. The molecule has 3 nitrogen and oxygen atoms in total. The molecule has 0 amide bonds. The van der Waals surface area contributed by atoms with Gasteiger partial charge in [-0.15, -0.1) is 11.3 Å². The van der Waals surface area contributed by atoms with Crippen molar-refractivity contribution in [2.45, 2.75) is 19.0 Å². The van der Waals surface area contributed by atoms with Gasteiger partial charge in [0, 0.05) is 38.3 Å². The molecule has 1 aliphatic rings. The number of thiophene rings is 1. The molecule has 0 bridgehead atoms. The molecule has 1 aromatic heterocycles. The number of halogens is 1. The molecule has 1 aromatic rings. The van der Waals surface area contributed by atoms with Crippen molar-refractivity contribution in [1.29, 1.82) is 0 Å². The smallest absolute Gasteiger partial charge is 0.0931 e. The highest BCUT2D eigenvalue weighted by Gasteiger charge is 2.28. The molecular weight excluding hydrogens is 254 g/mol. The van der Waals surface area contributed by atoms with Crippen molar-refractivity contribution < 1.29 is 0 Å². The Morgan fingerprint density at radius 1 is 1.59 bits per heavy atom. The van der Waals surface area contributed by atoms with E-state index in [1.807, 2.05) is 0 Å². The van der Waals surface area contributed by atoms with Crippen LogP contribution in [-0.2, 0) is 0 Å². The van der Waals surface area contributed by atoms with Crippen LogP contribution in [0.15, 0.2) is 11.4 Å². The number of hydrogen-bond donors (Lipinski definition) is 1. The van der Waals surface area contributed by atoms with E-state index in [1.54, 1.807) is 11.3 Å². The van der Waals surface area contributed by atoms with Gasteiger partial charge in [-0.3, -0.25) is 4.90 Å². The van der Waals surface area contributed by atoms with Crippen molar-refractivity contribution in [1.82, 2.24) is 9.80 Å². The van der Waals surface area contributed by atoms with Gasteiger partial charge in [-0.25, -0.2) is 0 Å². The lowest BCUT2D eigenvalue weighted by Gasteiger charge is -2.42. The van der Waals surface area contributed by atoms with Crippen LogP contribution in [0.25, 0.3) is 0 Å². The molecule has 5 heteroatoms. The number of piperazine rings is 1. The molecule has 0 radical (unpaired) electrons. The summed E-state index contributed by atoms with van der Waals surface area (Å²) >= 11 is 7.61. The fourth-order valence-corrected chi connectivity index (χ4v) is 3.46. The van der Waals surface area contributed by atoms with Gasteiger partial charge in [0.25, 0.3) is 0 Å². The third-order valence-corrected chi connectivity index (χ3v) is 4.68. The quantitative estimate of drug-likeness (QED) is 0.915. The molecule has 1 fully saturated rings. The Balaban J connectivity index is 2.09. The standard InChI is InChI=1S/C12H20ClN3S/c1-9(10-5-12(13)17-8-10)16-4-3-15(2)7-11(16)6-14/h5,8-9,11H,3-4,6-7,14H2,1-2H3. The molecular formula is C12H20ClN3S. The van der Waals surface area contributed by atoms with Gasteiger partial charge in [0.1, 0.15) is 0 Å². The van der Waals surface area contributed by atoms with E-state index < -0.39 is 0 Å². The van der Waals surface area contributed by atoms with E-state index in [1.165, 1.54) is 5.56 Å². The van der Waals surface area contributed by atoms with Crippen molar-refractivity contribution in [3.05, 3.63) is 21.3 Å². The van der Waals surface area contributed by atoms with Gasteiger partial charge in [0.15, 0.2) is 0 Å². The van der Waals surface area contributed by atoms with E-state index in [0.717, 1.165) is 24.0 Å². The minimum atomic E-state index is 0.404. The van der Waals surface area contributed by atoms with Crippen LogP contribution in [0.1, 0.15) is 18.5 Å². The van der Waals surface area contributed by atoms with Crippen molar-refractivity contribution in [3.8, 4) is 0 Å². The van der Waals surface area contributed by atoms with Crippen LogP contribution in [0.4, 0.5) is 0 Å². The minimum absolute atomic E-state index is 0.404. The molecule has 17 heavy (non-hydrogen) atoms. The molecule has 0 saturated carbocycles. The van der Waals surface area contributed by atoms with Gasteiger partial charge in [-0.05, 0) is 31.0 Å². The lowest BCUT2D eigenvalue weighted by atomic mass is 10.1. The highest BCUT2D eigenvalue weighted by Crippen LogP contribution is 2.30. The summed E-state index contributed by atoms with van der Waals surface area (Å²) in [5.74, 6) is 0. The average molecular weight is 274 g/mol. The Bertz CT molecular complexity index is 368.